The Bertz CT molecular complexity index is 576. The second kappa shape index (κ2) is 5.50. The van der Waals surface area contributed by atoms with Gasteiger partial charge in [0.15, 0.2) is 10.3 Å². The summed E-state index contributed by atoms with van der Waals surface area (Å²) in [5, 5.41) is 12.8. The van der Waals surface area contributed by atoms with Crippen molar-refractivity contribution in [2.75, 3.05) is 5.32 Å². The summed E-state index contributed by atoms with van der Waals surface area (Å²) in [5.41, 5.74) is 1.13. The SMILES string of the molecule is N#Cc1sc(NCc2cccc(Br)c2)nc1Cl. The van der Waals surface area contributed by atoms with Crippen LogP contribution in [-0.4, -0.2) is 4.98 Å². The third-order valence-corrected chi connectivity index (χ3v) is 3.82. The van der Waals surface area contributed by atoms with Crippen LogP contribution in [0, 0.1) is 11.3 Å². The van der Waals surface area contributed by atoms with Crippen LogP contribution in [0.4, 0.5) is 5.13 Å². The monoisotopic (exact) mass is 327 g/mol. The largest absolute Gasteiger partial charge is 0.357 e. The summed E-state index contributed by atoms with van der Waals surface area (Å²) in [6.45, 7) is 0.647. The molecule has 6 heteroatoms. The van der Waals surface area contributed by atoms with Crippen LogP contribution in [0.3, 0.4) is 0 Å². The second-order valence-electron chi connectivity index (χ2n) is 3.23. The summed E-state index contributed by atoms with van der Waals surface area (Å²) in [4.78, 5) is 4.49. The van der Waals surface area contributed by atoms with Crippen LogP contribution in [0.25, 0.3) is 0 Å². The molecule has 17 heavy (non-hydrogen) atoms. The fourth-order valence-corrected chi connectivity index (χ4v) is 2.66. The minimum absolute atomic E-state index is 0.259. The third kappa shape index (κ3) is 3.19. The van der Waals surface area contributed by atoms with E-state index in [2.05, 4.69) is 26.2 Å². The van der Waals surface area contributed by atoms with Crippen LogP contribution in [-0.2, 0) is 6.54 Å². The molecule has 0 aliphatic heterocycles. The molecule has 2 aromatic rings. The van der Waals surface area contributed by atoms with Gasteiger partial charge < -0.3 is 5.32 Å². The van der Waals surface area contributed by atoms with Gasteiger partial charge in [-0.05, 0) is 17.7 Å². The fourth-order valence-electron chi connectivity index (χ4n) is 1.27. The number of nitrogens with one attached hydrogen (secondary N) is 1. The van der Waals surface area contributed by atoms with Gasteiger partial charge in [0.25, 0.3) is 0 Å². The summed E-state index contributed by atoms with van der Waals surface area (Å²) >= 11 is 10.4. The van der Waals surface area contributed by atoms with Crippen LogP contribution < -0.4 is 5.32 Å². The maximum absolute atomic E-state index is 8.76. The smallest absolute Gasteiger partial charge is 0.185 e. The first kappa shape index (κ1) is 12.4. The minimum Gasteiger partial charge on any atom is -0.357 e. The molecule has 0 unspecified atom stereocenters. The molecule has 0 saturated heterocycles. The number of anilines is 1. The van der Waals surface area contributed by atoms with E-state index in [1.54, 1.807) is 0 Å². The average Bonchev–Trinajstić information content (AvgIpc) is 2.67. The molecule has 1 N–H and O–H groups in total. The predicted molar refractivity (Wildman–Crippen MR) is 73.3 cm³/mol. The normalized spacial score (nSPS) is 9.94. The first-order chi connectivity index (χ1) is 8.19. The molecule has 0 amide bonds. The Balaban J connectivity index is 2.05. The van der Waals surface area contributed by atoms with E-state index in [-0.39, 0.29) is 5.15 Å². The summed E-state index contributed by atoms with van der Waals surface area (Å²) in [5.74, 6) is 0. The summed E-state index contributed by atoms with van der Waals surface area (Å²) in [6, 6.07) is 9.97. The van der Waals surface area contributed by atoms with E-state index >= 15 is 0 Å². The van der Waals surface area contributed by atoms with E-state index in [0.717, 1.165) is 10.0 Å². The lowest BCUT2D eigenvalue weighted by atomic mass is 10.2. The number of nitriles is 1. The Hall–Kier alpha value is -1.09. The van der Waals surface area contributed by atoms with Gasteiger partial charge in [-0.3, -0.25) is 0 Å². The Morgan fingerprint density at radius 2 is 2.35 bits per heavy atom. The van der Waals surface area contributed by atoms with Gasteiger partial charge in [0, 0.05) is 11.0 Å². The van der Waals surface area contributed by atoms with Crippen molar-refractivity contribution in [1.29, 1.82) is 5.26 Å². The molecule has 0 aliphatic carbocycles. The highest BCUT2D eigenvalue weighted by Crippen LogP contribution is 2.26. The van der Waals surface area contributed by atoms with E-state index in [1.807, 2.05) is 30.3 Å². The number of benzene rings is 1. The molecule has 3 nitrogen and oxygen atoms in total. The Labute approximate surface area is 116 Å². The topological polar surface area (TPSA) is 48.7 Å². The van der Waals surface area contributed by atoms with Crippen LogP contribution in [0.2, 0.25) is 5.15 Å². The molecule has 0 saturated carbocycles. The van der Waals surface area contributed by atoms with E-state index in [9.17, 15) is 0 Å². The van der Waals surface area contributed by atoms with Crippen molar-refractivity contribution in [2.24, 2.45) is 0 Å². The average molecular weight is 329 g/mol. The molecule has 1 aromatic carbocycles. The lowest BCUT2D eigenvalue weighted by Gasteiger charge is -2.02. The minimum atomic E-state index is 0.259. The second-order valence-corrected chi connectivity index (χ2v) is 5.51. The Morgan fingerprint density at radius 1 is 1.53 bits per heavy atom. The molecule has 0 bridgehead atoms. The first-order valence-electron chi connectivity index (χ1n) is 4.74. The van der Waals surface area contributed by atoms with Crippen molar-refractivity contribution in [3.05, 3.63) is 44.3 Å². The standard InChI is InChI=1S/C11H7BrClN3S/c12-8-3-1-2-7(4-8)6-15-11-16-10(13)9(5-14)17-11/h1-4H,6H2,(H,15,16). The highest BCUT2D eigenvalue weighted by molar-refractivity contribution is 9.10. The summed E-state index contributed by atoms with van der Waals surface area (Å²) < 4.78 is 1.03. The molecule has 2 rings (SSSR count). The van der Waals surface area contributed by atoms with E-state index in [0.29, 0.717) is 16.6 Å². The number of hydrogen-bond donors (Lipinski definition) is 1. The van der Waals surface area contributed by atoms with Crippen molar-refractivity contribution in [1.82, 2.24) is 4.98 Å². The highest BCUT2D eigenvalue weighted by atomic mass is 79.9. The number of thiazole rings is 1. The van der Waals surface area contributed by atoms with Crippen LogP contribution in [0.1, 0.15) is 10.4 Å². The van der Waals surface area contributed by atoms with Crippen LogP contribution >= 0.6 is 38.9 Å². The van der Waals surface area contributed by atoms with E-state index < -0.39 is 0 Å². The molecule has 1 aromatic heterocycles. The number of nitrogens with zero attached hydrogens (tertiary/aromatic N) is 2. The fraction of sp³-hybridized carbons (Fsp3) is 0.0909. The zero-order valence-electron chi connectivity index (χ0n) is 8.58. The van der Waals surface area contributed by atoms with Gasteiger partial charge in [-0.15, -0.1) is 0 Å². The van der Waals surface area contributed by atoms with Gasteiger partial charge in [0.1, 0.15) is 10.9 Å². The van der Waals surface area contributed by atoms with Crippen molar-refractivity contribution < 1.29 is 0 Å². The highest BCUT2D eigenvalue weighted by Gasteiger charge is 2.07. The van der Waals surface area contributed by atoms with Crippen molar-refractivity contribution >= 4 is 44.0 Å². The quantitative estimate of drug-likeness (QED) is 0.925. The maximum atomic E-state index is 8.76. The molecule has 0 radical (unpaired) electrons. The maximum Gasteiger partial charge on any atom is 0.185 e. The summed E-state index contributed by atoms with van der Waals surface area (Å²) in [7, 11) is 0. The van der Waals surface area contributed by atoms with Gasteiger partial charge in [0.2, 0.25) is 0 Å². The summed E-state index contributed by atoms with van der Waals surface area (Å²) in [6.07, 6.45) is 0. The van der Waals surface area contributed by atoms with Gasteiger partial charge >= 0.3 is 0 Å². The van der Waals surface area contributed by atoms with Crippen molar-refractivity contribution in [2.45, 2.75) is 6.54 Å². The molecule has 0 aliphatic rings. The zero-order valence-corrected chi connectivity index (χ0v) is 11.7. The molecule has 0 fully saturated rings. The molecule has 0 atom stereocenters. The Kier molecular flexibility index (Phi) is 4.00. The van der Waals surface area contributed by atoms with E-state index in [4.69, 9.17) is 16.9 Å². The van der Waals surface area contributed by atoms with Gasteiger partial charge in [0.05, 0.1) is 0 Å². The predicted octanol–water partition coefficient (Wildman–Crippen LogP) is 4.04. The number of halogens is 2. The lowest BCUT2D eigenvalue weighted by Crippen LogP contribution is -1.98. The molecule has 1 heterocycles. The molecular weight excluding hydrogens is 322 g/mol. The zero-order chi connectivity index (χ0) is 12.3. The first-order valence-corrected chi connectivity index (χ1v) is 6.72. The lowest BCUT2D eigenvalue weighted by molar-refractivity contribution is 1.13. The molecule has 86 valence electrons. The van der Waals surface area contributed by atoms with Gasteiger partial charge in [-0.2, -0.15) is 5.26 Å². The Morgan fingerprint density at radius 3 is 3.00 bits per heavy atom. The van der Waals surface area contributed by atoms with Crippen LogP contribution in [0.5, 0.6) is 0 Å². The number of rotatable bonds is 3. The van der Waals surface area contributed by atoms with Crippen LogP contribution in [0.15, 0.2) is 28.7 Å². The third-order valence-electron chi connectivity index (χ3n) is 2.02. The van der Waals surface area contributed by atoms with Gasteiger partial charge in [-0.25, -0.2) is 4.98 Å². The van der Waals surface area contributed by atoms with Gasteiger partial charge in [-0.1, -0.05) is 51.0 Å². The number of hydrogen-bond acceptors (Lipinski definition) is 4. The van der Waals surface area contributed by atoms with E-state index in [1.165, 1.54) is 11.3 Å². The van der Waals surface area contributed by atoms with Crippen molar-refractivity contribution in [3.63, 3.8) is 0 Å². The van der Waals surface area contributed by atoms with Crippen molar-refractivity contribution in [3.8, 4) is 6.07 Å². The molecular formula is C11H7BrClN3S. The number of aromatic nitrogens is 1. The molecule has 0 spiro atoms.